The Labute approximate surface area is 127 Å². The summed E-state index contributed by atoms with van der Waals surface area (Å²) in [5.41, 5.74) is 0.827. The third-order valence-electron chi connectivity index (χ3n) is 3.01. The van der Waals surface area contributed by atoms with E-state index in [0.717, 1.165) is 0 Å². The summed E-state index contributed by atoms with van der Waals surface area (Å²) in [6, 6.07) is 8.69. The van der Waals surface area contributed by atoms with Crippen LogP contribution < -0.4 is 10.1 Å². The first-order valence-electron chi connectivity index (χ1n) is 6.91. The van der Waals surface area contributed by atoms with Crippen LogP contribution in [-0.4, -0.2) is 29.1 Å². The van der Waals surface area contributed by atoms with E-state index < -0.39 is 12.0 Å². The lowest BCUT2D eigenvalue weighted by atomic mass is 10.1. The lowest BCUT2D eigenvalue weighted by Crippen LogP contribution is -2.29. The topological polar surface area (TPSA) is 71.5 Å². The number of aliphatic hydroxyl groups is 1. The summed E-state index contributed by atoms with van der Waals surface area (Å²) in [7, 11) is 0. The fourth-order valence-corrected chi connectivity index (χ4v) is 1.90. The third kappa shape index (κ3) is 4.02. The summed E-state index contributed by atoms with van der Waals surface area (Å²) < 4.78 is 18.1. The van der Waals surface area contributed by atoms with Crippen molar-refractivity contribution < 1.29 is 19.0 Å². The molecule has 1 amide bonds. The molecule has 1 heterocycles. The number of ether oxygens (including phenoxy) is 1. The summed E-state index contributed by atoms with van der Waals surface area (Å²) in [4.78, 5) is 16.1. The SMILES string of the molecule is CCOc1ncccc1C(=O)NCC(O)c1ccc(F)cc1. The normalized spacial score (nSPS) is 11.8. The second kappa shape index (κ2) is 7.51. The van der Waals surface area contributed by atoms with Crippen LogP contribution in [0.15, 0.2) is 42.6 Å². The van der Waals surface area contributed by atoms with Gasteiger partial charge in [0, 0.05) is 12.7 Å². The first kappa shape index (κ1) is 15.9. The van der Waals surface area contributed by atoms with Gasteiger partial charge in [-0.2, -0.15) is 0 Å². The zero-order valence-electron chi connectivity index (χ0n) is 12.1. The highest BCUT2D eigenvalue weighted by Gasteiger charge is 2.15. The first-order chi connectivity index (χ1) is 10.6. The number of amides is 1. The summed E-state index contributed by atoms with van der Waals surface area (Å²) in [6.45, 7) is 2.20. The van der Waals surface area contributed by atoms with Gasteiger partial charge < -0.3 is 15.2 Å². The fraction of sp³-hybridized carbons (Fsp3) is 0.250. The summed E-state index contributed by atoms with van der Waals surface area (Å²) in [5, 5.41) is 12.6. The Morgan fingerprint density at radius 1 is 1.36 bits per heavy atom. The van der Waals surface area contributed by atoms with Crippen LogP contribution in [0, 0.1) is 5.82 Å². The molecule has 0 aliphatic rings. The number of carbonyl (C=O) groups is 1. The van der Waals surface area contributed by atoms with Crippen LogP contribution in [0.1, 0.15) is 28.9 Å². The van der Waals surface area contributed by atoms with Crippen LogP contribution in [0.4, 0.5) is 4.39 Å². The van der Waals surface area contributed by atoms with E-state index in [1.54, 1.807) is 19.1 Å². The van der Waals surface area contributed by atoms with Crippen molar-refractivity contribution >= 4 is 5.91 Å². The van der Waals surface area contributed by atoms with Crippen molar-refractivity contribution in [3.63, 3.8) is 0 Å². The van der Waals surface area contributed by atoms with Crippen LogP contribution in [0.5, 0.6) is 5.88 Å². The third-order valence-corrected chi connectivity index (χ3v) is 3.01. The Hall–Kier alpha value is -2.47. The Bertz CT molecular complexity index is 632. The molecule has 0 radical (unpaired) electrons. The number of pyridine rings is 1. The molecule has 2 aromatic rings. The van der Waals surface area contributed by atoms with Crippen LogP contribution in [0.2, 0.25) is 0 Å². The maximum absolute atomic E-state index is 12.8. The van der Waals surface area contributed by atoms with Crippen LogP contribution in [0.3, 0.4) is 0 Å². The summed E-state index contributed by atoms with van der Waals surface area (Å²) in [5.74, 6) is -0.520. The molecule has 6 heteroatoms. The molecule has 5 nitrogen and oxygen atoms in total. The number of hydrogen-bond donors (Lipinski definition) is 2. The van der Waals surface area contributed by atoms with E-state index in [9.17, 15) is 14.3 Å². The van der Waals surface area contributed by atoms with E-state index in [4.69, 9.17) is 4.74 Å². The fourth-order valence-electron chi connectivity index (χ4n) is 1.90. The van der Waals surface area contributed by atoms with Crippen LogP contribution in [-0.2, 0) is 0 Å². The Balaban J connectivity index is 1.99. The second-order valence-corrected chi connectivity index (χ2v) is 4.57. The molecule has 116 valence electrons. The van der Waals surface area contributed by atoms with E-state index in [0.29, 0.717) is 17.7 Å². The highest BCUT2D eigenvalue weighted by Crippen LogP contribution is 2.15. The zero-order valence-corrected chi connectivity index (χ0v) is 12.1. The van der Waals surface area contributed by atoms with Gasteiger partial charge in [0.05, 0.1) is 12.7 Å². The average Bonchev–Trinajstić information content (AvgIpc) is 2.54. The van der Waals surface area contributed by atoms with Gasteiger partial charge in [-0.25, -0.2) is 9.37 Å². The van der Waals surface area contributed by atoms with Gasteiger partial charge in [-0.1, -0.05) is 12.1 Å². The van der Waals surface area contributed by atoms with Crippen LogP contribution >= 0.6 is 0 Å². The molecule has 2 rings (SSSR count). The Kier molecular flexibility index (Phi) is 5.43. The number of benzene rings is 1. The van der Waals surface area contributed by atoms with Crippen molar-refractivity contribution in [3.8, 4) is 5.88 Å². The molecular formula is C16H17FN2O3. The number of carbonyl (C=O) groups excluding carboxylic acids is 1. The van der Waals surface area contributed by atoms with E-state index in [-0.39, 0.29) is 18.2 Å². The average molecular weight is 304 g/mol. The summed E-state index contributed by atoms with van der Waals surface area (Å²) >= 11 is 0. The number of aromatic nitrogens is 1. The van der Waals surface area contributed by atoms with Crippen molar-refractivity contribution in [1.82, 2.24) is 10.3 Å². The molecule has 0 bridgehead atoms. The van der Waals surface area contributed by atoms with Crippen molar-refractivity contribution in [2.24, 2.45) is 0 Å². The highest BCUT2D eigenvalue weighted by atomic mass is 19.1. The molecule has 0 aliphatic carbocycles. The Morgan fingerprint density at radius 2 is 2.09 bits per heavy atom. The number of nitrogens with one attached hydrogen (secondary N) is 1. The van der Waals surface area contributed by atoms with Crippen molar-refractivity contribution in [2.75, 3.05) is 13.2 Å². The molecule has 0 saturated carbocycles. The van der Waals surface area contributed by atoms with Gasteiger partial charge in [-0.3, -0.25) is 4.79 Å². The molecule has 0 spiro atoms. The number of rotatable bonds is 6. The van der Waals surface area contributed by atoms with Crippen LogP contribution in [0.25, 0.3) is 0 Å². The van der Waals surface area contributed by atoms with Gasteiger partial charge in [0.15, 0.2) is 0 Å². The second-order valence-electron chi connectivity index (χ2n) is 4.57. The molecular weight excluding hydrogens is 287 g/mol. The summed E-state index contributed by atoms with van der Waals surface area (Å²) in [6.07, 6.45) is 0.617. The van der Waals surface area contributed by atoms with E-state index in [1.165, 1.54) is 30.5 Å². The molecule has 1 aromatic heterocycles. The molecule has 0 saturated heterocycles. The van der Waals surface area contributed by atoms with Gasteiger partial charge in [0.2, 0.25) is 5.88 Å². The molecule has 0 aliphatic heterocycles. The van der Waals surface area contributed by atoms with Crippen molar-refractivity contribution in [1.29, 1.82) is 0 Å². The molecule has 2 N–H and O–H groups in total. The quantitative estimate of drug-likeness (QED) is 0.857. The number of halogens is 1. The monoisotopic (exact) mass is 304 g/mol. The predicted octanol–water partition coefficient (Wildman–Crippen LogP) is 2.08. The van der Waals surface area contributed by atoms with Gasteiger partial charge in [-0.05, 0) is 36.8 Å². The highest BCUT2D eigenvalue weighted by molar-refractivity contribution is 5.96. The number of hydrogen-bond acceptors (Lipinski definition) is 4. The minimum absolute atomic E-state index is 0.00489. The van der Waals surface area contributed by atoms with E-state index >= 15 is 0 Å². The largest absolute Gasteiger partial charge is 0.477 e. The number of aliphatic hydroxyl groups excluding tert-OH is 1. The van der Waals surface area contributed by atoms with Gasteiger partial charge in [0.25, 0.3) is 5.91 Å². The van der Waals surface area contributed by atoms with Gasteiger partial charge in [-0.15, -0.1) is 0 Å². The van der Waals surface area contributed by atoms with E-state index in [2.05, 4.69) is 10.3 Å². The van der Waals surface area contributed by atoms with Gasteiger partial charge >= 0.3 is 0 Å². The standard InChI is InChI=1S/C16H17FN2O3/c1-2-22-16-13(4-3-9-18-16)15(21)19-10-14(20)11-5-7-12(17)8-6-11/h3-9,14,20H,2,10H2,1H3,(H,19,21). The maximum Gasteiger partial charge on any atom is 0.256 e. The smallest absolute Gasteiger partial charge is 0.256 e. The van der Waals surface area contributed by atoms with E-state index in [1.807, 2.05) is 0 Å². The molecule has 22 heavy (non-hydrogen) atoms. The number of nitrogens with zero attached hydrogens (tertiary/aromatic N) is 1. The Morgan fingerprint density at radius 3 is 2.77 bits per heavy atom. The molecule has 0 fully saturated rings. The molecule has 1 atom stereocenters. The molecule has 1 unspecified atom stereocenters. The first-order valence-corrected chi connectivity index (χ1v) is 6.91. The lowest BCUT2D eigenvalue weighted by Gasteiger charge is -2.13. The minimum atomic E-state index is -0.920. The lowest BCUT2D eigenvalue weighted by molar-refractivity contribution is 0.0911. The van der Waals surface area contributed by atoms with Gasteiger partial charge in [0.1, 0.15) is 11.4 Å². The van der Waals surface area contributed by atoms with Crippen molar-refractivity contribution in [3.05, 3.63) is 59.5 Å². The maximum atomic E-state index is 12.8. The zero-order chi connectivity index (χ0) is 15.9. The molecule has 1 aromatic carbocycles. The predicted molar refractivity (Wildman–Crippen MR) is 79.1 cm³/mol. The van der Waals surface area contributed by atoms with Crippen molar-refractivity contribution in [2.45, 2.75) is 13.0 Å². The minimum Gasteiger partial charge on any atom is -0.477 e.